The minimum absolute atomic E-state index is 0.128. The normalized spacial score (nSPS) is 14.6. The van der Waals surface area contributed by atoms with Crippen LogP contribution >= 0.6 is 11.8 Å². The van der Waals surface area contributed by atoms with Gasteiger partial charge in [0.1, 0.15) is 18.5 Å². The Morgan fingerprint density at radius 3 is 2.27 bits per heavy atom. The van der Waals surface area contributed by atoms with E-state index < -0.39 is 24.7 Å². The van der Waals surface area contributed by atoms with Crippen LogP contribution in [0.4, 0.5) is 0 Å². The molecule has 1 unspecified atom stereocenters. The van der Waals surface area contributed by atoms with Gasteiger partial charge in [-0.05, 0) is 37.6 Å². The Labute approximate surface area is 186 Å². The number of esters is 1. The Kier molecular flexibility index (Phi) is 11.1. The molecule has 1 aromatic carbocycles. The molecule has 0 N–H and O–H groups in total. The quantitative estimate of drug-likeness (QED) is 0.135. The second kappa shape index (κ2) is 12.5. The molecule has 0 heterocycles. The van der Waals surface area contributed by atoms with Crippen molar-refractivity contribution in [3.8, 4) is 5.75 Å². The van der Waals surface area contributed by atoms with Crippen molar-refractivity contribution in [1.82, 2.24) is 0 Å². The lowest BCUT2D eigenvalue weighted by molar-refractivity contribution is -0.150. The van der Waals surface area contributed by atoms with E-state index in [2.05, 4.69) is 19.6 Å². The van der Waals surface area contributed by atoms with Gasteiger partial charge in [-0.3, -0.25) is 9.59 Å². The molecule has 0 aromatic heterocycles. The fourth-order valence-corrected chi connectivity index (χ4v) is 4.54. The molecule has 0 aliphatic heterocycles. The molecule has 8 heteroatoms. The van der Waals surface area contributed by atoms with E-state index in [9.17, 15) is 9.59 Å². The molecule has 0 spiro atoms. The largest absolute Gasteiger partial charge is 0.497 e. The van der Waals surface area contributed by atoms with Crippen LogP contribution in [0.5, 0.6) is 5.75 Å². The number of methoxy groups -OCH3 is 2. The Morgan fingerprint density at radius 2 is 1.73 bits per heavy atom. The van der Waals surface area contributed by atoms with Crippen molar-refractivity contribution in [3.63, 3.8) is 0 Å². The molecule has 30 heavy (non-hydrogen) atoms. The number of hydrogen-bond acceptors (Lipinski definition) is 7. The molecule has 0 fully saturated rings. The average molecular weight is 457 g/mol. The molecular formula is C22H36O6SSi. The van der Waals surface area contributed by atoms with Crippen LogP contribution in [0.1, 0.15) is 19.4 Å². The van der Waals surface area contributed by atoms with Crippen molar-refractivity contribution in [2.75, 3.05) is 34.2 Å². The summed E-state index contributed by atoms with van der Waals surface area (Å²) in [7, 11) is 1.75. The zero-order valence-corrected chi connectivity index (χ0v) is 21.1. The SMILES string of the molecule is COC(=O)C(C)C(=O)[C@](C)(COCOCC[Si](C)(C)C)SCc1ccc(OC)cc1. The molecule has 1 aromatic rings. The number of carbonyl (C=O) groups excluding carboxylic acids is 2. The lowest BCUT2D eigenvalue weighted by Crippen LogP contribution is -2.43. The topological polar surface area (TPSA) is 71.1 Å². The van der Waals surface area contributed by atoms with E-state index in [4.69, 9.17) is 18.9 Å². The summed E-state index contributed by atoms with van der Waals surface area (Å²) in [5.74, 6) is -0.238. The van der Waals surface area contributed by atoms with Gasteiger partial charge in [0.2, 0.25) is 0 Å². The Hall–Kier alpha value is -1.35. The van der Waals surface area contributed by atoms with Gasteiger partial charge < -0.3 is 18.9 Å². The van der Waals surface area contributed by atoms with Crippen molar-refractivity contribution in [1.29, 1.82) is 0 Å². The summed E-state index contributed by atoms with van der Waals surface area (Å²) in [6.45, 7) is 11.2. The van der Waals surface area contributed by atoms with Crippen LogP contribution in [0.2, 0.25) is 25.7 Å². The van der Waals surface area contributed by atoms with Gasteiger partial charge in [0.25, 0.3) is 0 Å². The van der Waals surface area contributed by atoms with Gasteiger partial charge in [-0.1, -0.05) is 31.8 Å². The molecule has 0 saturated heterocycles. The maximum Gasteiger partial charge on any atom is 0.315 e. The first kappa shape index (κ1) is 26.7. The number of benzene rings is 1. The third-order valence-corrected chi connectivity index (χ3v) is 7.86. The molecule has 0 amide bonds. The fraction of sp³-hybridized carbons (Fsp3) is 0.636. The van der Waals surface area contributed by atoms with Crippen LogP contribution in [0.15, 0.2) is 24.3 Å². The monoisotopic (exact) mass is 456 g/mol. The number of ether oxygens (including phenoxy) is 4. The number of carbonyl (C=O) groups is 2. The summed E-state index contributed by atoms with van der Waals surface area (Å²) in [4.78, 5) is 25.0. The highest BCUT2D eigenvalue weighted by Gasteiger charge is 2.40. The molecular weight excluding hydrogens is 420 g/mol. The number of hydrogen-bond donors (Lipinski definition) is 0. The molecule has 0 radical (unpaired) electrons. The van der Waals surface area contributed by atoms with Crippen molar-refractivity contribution in [2.45, 2.75) is 50.0 Å². The van der Waals surface area contributed by atoms with E-state index in [1.165, 1.54) is 18.9 Å². The number of thioether (sulfide) groups is 1. The van der Waals surface area contributed by atoms with Crippen LogP contribution in [0, 0.1) is 5.92 Å². The minimum atomic E-state index is -1.16. The molecule has 0 saturated carbocycles. The summed E-state index contributed by atoms with van der Waals surface area (Å²) >= 11 is 1.45. The number of Topliss-reactive ketones (excluding diaryl/α,β-unsaturated/α-hetero) is 1. The maximum absolute atomic E-state index is 13.1. The molecule has 0 bridgehead atoms. The standard InChI is InChI=1S/C22H36O6SSi/c1-17(21(24)26-4)20(23)22(2,15-28-16-27-12-13-30(5,6)7)29-14-18-8-10-19(25-3)11-9-18/h8-11,17H,12-16H2,1-7H3/t17?,22-/m0/s1. The summed E-state index contributed by atoms with van der Waals surface area (Å²) < 4.78 is 20.3. The van der Waals surface area contributed by atoms with Gasteiger partial charge in [0.15, 0.2) is 5.78 Å². The van der Waals surface area contributed by atoms with Crippen LogP contribution < -0.4 is 4.74 Å². The van der Waals surface area contributed by atoms with Gasteiger partial charge in [-0.25, -0.2) is 0 Å². The van der Waals surface area contributed by atoms with E-state index >= 15 is 0 Å². The zero-order chi connectivity index (χ0) is 22.8. The minimum Gasteiger partial charge on any atom is -0.497 e. The van der Waals surface area contributed by atoms with Crippen LogP contribution in [0.3, 0.4) is 0 Å². The first-order valence-electron chi connectivity index (χ1n) is 10.1. The average Bonchev–Trinajstić information content (AvgIpc) is 2.72. The predicted octanol–water partition coefficient (Wildman–Crippen LogP) is 4.39. The smallest absolute Gasteiger partial charge is 0.315 e. The van der Waals surface area contributed by atoms with Crippen molar-refractivity contribution < 1.29 is 28.5 Å². The van der Waals surface area contributed by atoms with Crippen LogP contribution in [-0.2, 0) is 29.6 Å². The van der Waals surface area contributed by atoms with E-state index in [1.54, 1.807) is 14.0 Å². The summed E-state index contributed by atoms with van der Waals surface area (Å²) in [6.07, 6.45) is 0. The van der Waals surface area contributed by atoms with Gasteiger partial charge in [0, 0.05) is 20.4 Å². The van der Waals surface area contributed by atoms with E-state index in [0.29, 0.717) is 12.4 Å². The molecule has 2 atom stereocenters. The summed E-state index contributed by atoms with van der Waals surface area (Å²) in [6, 6.07) is 8.74. The van der Waals surface area contributed by atoms with Crippen LogP contribution in [-0.4, -0.2) is 58.8 Å². The van der Waals surface area contributed by atoms with E-state index in [0.717, 1.165) is 17.4 Å². The molecule has 0 aliphatic rings. The third kappa shape index (κ3) is 9.20. The highest BCUT2D eigenvalue weighted by atomic mass is 32.2. The van der Waals surface area contributed by atoms with Crippen molar-refractivity contribution in [3.05, 3.63) is 29.8 Å². The highest BCUT2D eigenvalue weighted by molar-refractivity contribution is 8.00. The molecule has 1 rings (SSSR count). The zero-order valence-electron chi connectivity index (χ0n) is 19.3. The van der Waals surface area contributed by atoms with Crippen LogP contribution in [0.25, 0.3) is 0 Å². The Balaban J connectivity index is 2.74. The summed E-state index contributed by atoms with van der Waals surface area (Å²) in [5.41, 5.74) is 1.05. The second-order valence-corrected chi connectivity index (χ2v) is 15.8. The lowest BCUT2D eigenvalue weighted by atomic mass is 9.95. The van der Waals surface area contributed by atoms with Gasteiger partial charge >= 0.3 is 5.97 Å². The van der Waals surface area contributed by atoms with Crippen molar-refractivity contribution in [2.24, 2.45) is 5.92 Å². The van der Waals surface area contributed by atoms with Gasteiger partial charge in [-0.2, -0.15) is 0 Å². The highest BCUT2D eigenvalue weighted by Crippen LogP contribution is 2.33. The third-order valence-electron chi connectivity index (χ3n) is 4.73. The van der Waals surface area contributed by atoms with E-state index in [1.807, 2.05) is 31.2 Å². The van der Waals surface area contributed by atoms with Crippen molar-refractivity contribution >= 4 is 31.6 Å². The number of ketones is 1. The summed E-state index contributed by atoms with van der Waals surface area (Å²) in [5, 5.41) is 0. The maximum atomic E-state index is 13.1. The predicted molar refractivity (Wildman–Crippen MR) is 124 cm³/mol. The molecule has 170 valence electrons. The lowest BCUT2D eigenvalue weighted by Gasteiger charge is -2.29. The van der Waals surface area contributed by atoms with Gasteiger partial charge in [0.05, 0.1) is 25.6 Å². The van der Waals surface area contributed by atoms with Gasteiger partial charge in [-0.15, -0.1) is 11.8 Å². The number of rotatable bonds is 14. The Bertz CT molecular complexity index is 673. The Morgan fingerprint density at radius 1 is 1.10 bits per heavy atom. The molecule has 6 nitrogen and oxygen atoms in total. The molecule has 0 aliphatic carbocycles. The fourth-order valence-electron chi connectivity index (χ4n) is 2.62. The van der Waals surface area contributed by atoms with E-state index in [-0.39, 0.29) is 19.2 Å². The second-order valence-electron chi connectivity index (χ2n) is 8.66. The first-order chi connectivity index (χ1) is 14.0. The first-order valence-corrected chi connectivity index (χ1v) is 14.8.